The quantitative estimate of drug-likeness (QED) is 0.718. The van der Waals surface area contributed by atoms with Crippen molar-refractivity contribution in [3.05, 3.63) is 65.2 Å². The summed E-state index contributed by atoms with van der Waals surface area (Å²) in [5.41, 5.74) is 2.39. The van der Waals surface area contributed by atoms with Gasteiger partial charge in [0.2, 0.25) is 0 Å². The maximum absolute atomic E-state index is 11.9. The number of benzene rings is 2. The highest BCUT2D eigenvalue weighted by molar-refractivity contribution is 5.93. The van der Waals surface area contributed by atoms with Gasteiger partial charge in [-0.15, -0.1) is 0 Å². The van der Waals surface area contributed by atoms with Crippen LogP contribution >= 0.6 is 0 Å². The van der Waals surface area contributed by atoms with Gasteiger partial charge in [-0.05, 0) is 24.6 Å². The molecule has 90 valence electrons. The second-order valence-corrected chi connectivity index (χ2v) is 4.21. The zero-order chi connectivity index (χ0) is 12.5. The molecule has 0 saturated heterocycles. The molecule has 0 bridgehead atoms. The lowest BCUT2D eigenvalue weighted by Crippen LogP contribution is -2.23. The molecule has 0 aliphatic carbocycles. The van der Waals surface area contributed by atoms with Crippen LogP contribution in [-0.4, -0.2) is 5.97 Å². The third-order valence-electron chi connectivity index (χ3n) is 3.00. The summed E-state index contributed by atoms with van der Waals surface area (Å²) in [7, 11) is 0. The fraction of sp³-hybridized carbons (Fsp3) is 0.133. The number of esters is 1. The van der Waals surface area contributed by atoms with Crippen molar-refractivity contribution in [2.75, 3.05) is 0 Å². The molecule has 1 unspecified atom stereocenters. The van der Waals surface area contributed by atoms with Gasteiger partial charge in [0.1, 0.15) is 11.3 Å². The lowest BCUT2D eigenvalue weighted by atomic mass is 10.1. The van der Waals surface area contributed by atoms with Crippen LogP contribution in [0.15, 0.2) is 48.5 Å². The molecule has 1 aliphatic heterocycles. The van der Waals surface area contributed by atoms with Crippen LogP contribution in [0.4, 0.5) is 0 Å². The molecule has 18 heavy (non-hydrogen) atoms. The van der Waals surface area contributed by atoms with Gasteiger partial charge in [0.15, 0.2) is 0 Å². The summed E-state index contributed by atoms with van der Waals surface area (Å²) < 4.78 is 11.0. The first-order valence-electron chi connectivity index (χ1n) is 5.78. The molecule has 2 aromatic rings. The maximum Gasteiger partial charge on any atom is 0.345 e. The van der Waals surface area contributed by atoms with Crippen molar-refractivity contribution < 1.29 is 14.3 Å². The summed E-state index contributed by atoms with van der Waals surface area (Å²) in [6.45, 7) is 1.97. The molecule has 0 saturated carbocycles. The van der Waals surface area contributed by atoms with Crippen molar-refractivity contribution in [2.45, 2.75) is 13.2 Å². The van der Waals surface area contributed by atoms with Gasteiger partial charge in [-0.1, -0.05) is 36.4 Å². The van der Waals surface area contributed by atoms with Crippen molar-refractivity contribution in [1.82, 2.24) is 0 Å². The van der Waals surface area contributed by atoms with Crippen molar-refractivity contribution in [1.29, 1.82) is 0 Å². The molecule has 0 radical (unpaired) electrons. The van der Waals surface area contributed by atoms with Crippen molar-refractivity contribution in [2.24, 2.45) is 0 Å². The van der Waals surface area contributed by atoms with Crippen LogP contribution < -0.4 is 4.74 Å². The Morgan fingerprint density at radius 3 is 2.50 bits per heavy atom. The molecule has 1 aliphatic rings. The average molecular weight is 240 g/mol. The molecule has 0 fully saturated rings. The number of hydrogen-bond acceptors (Lipinski definition) is 3. The summed E-state index contributed by atoms with van der Waals surface area (Å²) in [6.07, 6.45) is -0.659. The SMILES string of the molecule is Cc1ccccc1C1OC(=O)c2ccccc2O1. The van der Waals surface area contributed by atoms with E-state index in [-0.39, 0.29) is 5.97 Å². The van der Waals surface area contributed by atoms with E-state index >= 15 is 0 Å². The number of ether oxygens (including phenoxy) is 2. The molecular weight excluding hydrogens is 228 g/mol. The highest BCUT2D eigenvalue weighted by Crippen LogP contribution is 2.33. The topological polar surface area (TPSA) is 35.5 Å². The average Bonchev–Trinajstić information content (AvgIpc) is 2.39. The minimum Gasteiger partial charge on any atom is -0.450 e. The van der Waals surface area contributed by atoms with E-state index in [0.29, 0.717) is 11.3 Å². The first-order chi connectivity index (χ1) is 8.75. The van der Waals surface area contributed by atoms with E-state index < -0.39 is 6.29 Å². The Morgan fingerprint density at radius 1 is 0.944 bits per heavy atom. The Balaban J connectivity index is 2.00. The normalized spacial score (nSPS) is 17.6. The van der Waals surface area contributed by atoms with Gasteiger partial charge in [-0.25, -0.2) is 4.79 Å². The van der Waals surface area contributed by atoms with Crippen LogP contribution in [0.25, 0.3) is 0 Å². The number of hydrogen-bond donors (Lipinski definition) is 0. The molecule has 0 N–H and O–H groups in total. The second-order valence-electron chi connectivity index (χ2n) is 4.21. The molecule has 0 aromatic heterocycles. The number of carbonyl (C=O) groups is 1. The highest BCUT2D eigenvalue weighted by Gasteiger charge is 2.29. The highest BCUT2D eigenvalue weighted by atomic mass is 16.7. The van der Waals surface area contributed by atoms with Crippen LogP contribution in [0.3, 0.4) is 0 Å². The Morgan fingerprint density at radius 2 is 1.67 bits per heavy atom. The van der Waals surface area contributed by atoms with E-state index in [4.69, 9.17) is 9.47 Å². The van der Waals surface area contributed by atoms with Gasteiger partial charge >= 0.3 is 5.97 Å². The number of rotatable bonds is 1. The molecule has 2 aromatic carbocycles. The van der Waals surface area contributed by atoms with Crippen molar-refractivity contribution >= 4 is 5.97 Å². The Hall–Kier alpha value is -2.29. The van der Waals surface area contributed by atoms with Crippen molar-refractivity contribution in [3.8, 4) is 5.75 Å². The molecule has 0 amide bonds. The molecule has 3 nitrogen and oxygen atoms in total. The minimum absolute atomic E-state index is 0.342. The fourth-order valence-electron chi connectivity index (χ4n) is 2.02. The predicted molar refractivity (Wildman–Crippen MR) is 66.4 cm³/mol. The number of fused-ring (bicyclic) bond motifs is 1. The van der Waals surface area contributed by atoms with E-state index in [2.05, 4.69) is 0 Å². The van der Waals surface area contributed by atoms with Gasteiger partial charge in [-0.2, -0.15) is 0 Å². The van der Waals surface area contributed by atoms with E-state index in [0.717, 1.165) is 11.1 Å². The standard InChI is InChI=1S/C15H12O3/c1-10-6-2-3-7-11(10)15-17-13-9-5-4-8-12(13)14(16)18-15/h2-9,15H,1H3. The lowest BCUT2D eigenvalue weighted by molar-refractivity contribution is -0.0627. The smallest absolute Gasteiger partial charge is 0.345 e. The number of cyclic esters (lactones) is 1. The minimum atomic E-state index is -0.659. The number of carbonyl (C=O) groups excluding carboxylic acids is 1. The monoisotopic (exact) mass is 240 g/mol. The second kappa shape index (κ2) is 4.18. The van der Waals surface area contributed by atoms with Gasteiger partial charge in [-0.3, -0.25) is 0 Å². The Bertz CT molecular complexity index is 604. The molecule has 1 heterocycles. The first-order valence-corrected chi connectivity index (χ1v) is 5.78. The zero-order valence-corrected chi connectivity index (χ0v) is 9.92. The Labute approximate surface area is 105 Å². The third-order valence-corrected chi connectivity index (χ3v) is 3.00. The van der Waals surface area contributed by atoms with Gasteiger partial charge in [0, 0.05) is 5.56 Å². The fourth-order valence-corrected chi connectivity index (χ4v) is 2.02. The Kier molecular flexibility index (Phi) is 2.52. The van der Waals surface area contributed by atoms with Gasteiger partial charge in [0.25, 0.3) is 6.29 Å². The summed E-state index contributed by atoms with van der Waals surface area (Å²) in [5, 5.41) is 0. The van der Waals surface area contributed by atoms with Crippen molar-refractivity contribution in [3.63, 3.8) is 0 Å². The van der Waals surface area contributed by atoms with E-state index in [1.54, 1.807) is 18.2 Å². The molecule has 3 rings (SSSR count). The first kappa shape index (κ1) is 10.8. The molecule has 0 spiro atoms. The summed E-state index contributed by atoms with van der Waals surface area (Å²) in [5.74, 6) is 0.229. The third kappa shape index (κ3) is 1.74. The number of para-hydroxylation sites is 1. The molecule has 3 heteroatoms. The van der Waals surface area contributed by atoms with Crippen LogP contribution in [0, 0.1) is 6.92 Å². The zero-order valence-electron chi connectivity index (χ0n) is 9.92. The summed E-state index contributed by atoms with van der Waals surface area (Å²) in [4.78, 5) is 11.9. The number of aryl methyl sites for hydroxylation is 1. The largest absolute Gasteiger partial charge is 0.450 e. The molecule has 1 atom stereocenters. The van der Waals surface area contributed by atoms with Gasteiger partial charge in [0.05, 0.1) is 0 Å². The van der Waals surface area contributed by atoms with Crippen LogP contribution in [0.2, 0.25) is 0 Å². The summed E-state index contributed by atoms with van der Waals surface area (Å²) in [6, 6.07) is 14.8. The van der Waals surface area contributed by atoms with E-state index in [1.165, 1.54) is 0 Å². The van der Waals surface area contributed by atoms with Crippen LogP contribution in [0.1, 0.15) is 27.8 Å². The van der Waals surface area contributed by atoms with Crippen LogP contribution in [-0.2, 0) is 4.74 Å². The van der Waals surface area contributed by atoms with Crippen LogP contribution in [0.5, 0.6) is 5.75 Å². The van der Waals surface area contributed by atoms with E-state index in [9.17, 15) is 4.79 Å². The van der Waals surface area contributed by atoms with Gasteiger partial charge < -0.3 is 9.47 Å². The van der Waals surface area contributed by atoms with E-state index in [1.807, 2.05) is 37.3 Å². The summed E-state index contributed by atoms with van der Waals surface area (Å²) >= 11 is 0. The predicted octanol–water partition coefficient (Wildman–Crippen LogP) is 3.24. The molecular formula is C15H12O3. The lowest BCUT2D eigenvalue weighted by Gasteiger charge is -2.26. The maximum atomic E-state index is 11.9.